The molecule has 10 nitrogen and oxygen atoms in total. The summed E-state index contributed by atoms with van der Waals surface area (Å²) in [6, 6.07) is 7.62. The Bertz CT molecular complexity index is 1220. The summed E-state index contributed by atoms with van der Waals surface area (Å²) >= 11 is 0. The fraction of sp³-hybridized carbons (Fsp3) is 0.480. The fourth-order valence-corrected chi connectivity index (χ4v) is 4.41. The quantitative estimate of drug-likeness (QED) is 0.497. The van der Waals surface area contributed by atoms with E-state index in [4.69, 9.17) is 20.9 Å². The van der Waals surface area contributed by atoms with Gasteiger partial charge in [-0.05, 0) is 63.8 Å². The van der Waals surface area contributed by atoms with Crippen LogP contribution in [0.4, 0.5) is 22.1 Å². The molecule has 1 aromatic carbocycles. The van der Waals surface area contributed by atoms with Crippen LogP contribution in [0.5, 0.6) is 5.75 Å². The van der Waals surface area contributed by atoms with Crippen molar-refractivity contribution in [3.05, 3.63) is 30.6 Å². The maximum atomic E-state index is 12.3. The van der Waals surface area contributed by atoms with Crippen LogP contribution in [0.15, 0.2) is 30.6 Å². The average Bonchev–Trinajstić information content (AvgIpc) is 3.19. The maximum Gasteiger partial charge on any atom is 0.412 e. The average molecular weight is 482 g/mol. The summed E-state index contributed by atoms with van der Waals surface area (Å²) in [4.78, 5) is 18.8. The molecule has 2 aromatic heterocycles. The van der Waals surface area contributed by atoms with Crippen LogP contribution in [0.25, 0.3) is 16.6 Å². The smallest absolute Gasteiger partial charge is 0.412 e. The van der Waals surface area contributed by atoms with Gasteiger partial charge in [0.2, 0.25) is 0 Å². The molecule has 5 N–H and O–H groups in total. The molecule has 1 saturated heterocycles. The summed E-state index contributed by atoms with van der Waals surface area (Å²) in [6.07, 6.45) is 3.69. The molecule has 1 fully saturated rings. The van der Waals surface area contributed by atoms with E-state index < -0.39 is 11.7 Å². The number of anilines is 3. The highest BCUT2D eigenvalue weighted by atomic mass is 16.6. The zero-order valence-corrected chi connectivity index (χ0v) is 21.1. The molecule has 4 rings (SSSR count). The summed E-state index contributed by atoms with van der Waals surface area (Å²) < 4.78 is 12.8. The number of ether oxygens (including phenoxy) is 2. The van der Waals surface area contributed by atoms with Crippen molar-refractivity contribution < 1.29 is 14.3 Å². The van der Waals surface area contributed by atoms with Gasteiger partial charge in [-0.15, -0.1) is 0 Å². The summed E-state index contributed by atoms with van der Waals surface area (Å²) in [6.45, 7) is 9.25. The molecule has 1 aliphatic heterocycles. The van der Waals surface area contributed by atoms with Gasteiger partial charge >= 0.3 is 6.09 Å². The lowest BCUT2D eigenvalue weighted by Crippen LogP contribution is -2.50. The zero-order chi connectivity index (χ0) is 25.4. The standard InChI is InChI=1S/C25H35N7O3/c1-6-25(27)9-11-31(12-10-25)20-14-17(21-22(26)28-15-29-32(20)21)16-7-8-18(19(13-16)34-5)30-23(33)35-24(2,3)4/h7-8,13-15H,6,9-12,27H2,1-5H3,(H,30,33)(H2,26,28,29). The van der Waals surface area contributed by atoms with Gasteiger partial charge in [0.15, 0.2) is 5.82 Å². The number of amides is 1. The Morgan fingerprint density at radius 2 is 1.94 bits per heavy atom. The van der Waals surface area contributed by atoms with Gasteiger partial charge in [0, 0.05) is 24.2 Å². The number of piperidine rings is 1. The number of carbonyl (C=O) groups is 1. The second-order valence-corrected chi connectivity index (χ2v) is 10.1. The van der Waals surface area contributed by atoms with E-state index in [1.807, 2.05) is 37.4 Å². The van der Waals surface area contributed by atoms with E-state index in [1.165, 1.54) is 6.33 Å². The molecule has 0 spiro atoms. The summed E-state index contributed by atoms with van der Waals surface area (Å²) in [5, 5.41) is 7.26. The lowest BCUT2D eigenvalue weighted by Gasteiger charge is -2.39. The largest absolute Gasteiger partial charge is 0.495 e. The van der Waals surface area contributed by atoms with Crippen molar-refractivity contribution in [3.63, 3.8) is 0 Å². The van der Waals surface area contributed by atoms with Crippen LogP contribution in [0.3, 0.4) is 0 Å². The Kier molecular flexibility index (Phi) is 6.50. The molecule has 0 atom stereocenters. The SMILES string of the molecule is CCC1(N)CCN(c2cc(-c3ccc(NC(=O)OC(C)(C)C)c(OC)c3)c3c(N)ncnn23)CC1. The van der Waals surface area contributed by atoms with Crippen molar-refractivity contribution in [1.82, 2.24) is 14.6 Å². The van der Waals surface area contributed by atoms with Crippen LogP contribution < -0.4 is 26.4 Å². The van der Waals surface area contributed by atoms with Crippen molar-refractivity contribution in [2.45, 2.75) is 58.1 Å². The van der Waals surface area contributed by atoms with Gasteiger partial charge in [0.05, 0.1) is 12.8 Å². The molecule has 188 valence electrons. The number of carbonyl (C=O) groups excluding carboxylic acids is 1. The van der Waals surface area contributed by atoms with Gasteiger partial charge in [-0.25, -0.2) is 14.3 Å². The van der Waals surface area contributed by atoms with E-state index >= 15 is 0 Å². The number of nitrogens with zero attached hydrogens (tertiary/aromatic N) is 4. The number of fused-ring (bicyclic) bond motifs is 1. The summed E-state index contributed by atoms with van der Waals surface area (Å²) in [5.74, 6) is 1.82. The van der Waals surface area contributed by atoms with E-state index in [-0.39, 0.29) is 5.54 Å². The number of nitrogen functional groups attached to an aromatic ring is 1. The highest BCUT2D eigenvalue weighted by Gasteiger charge is 2.31. The van der Waals surface area contributed by atoms with Crippen LogP contribution in [0.1, 0.15) is 47.0 Å². The number of methoxy groups -OCH3 is 1. The number of nitrogens with one attached hydrogen (secondary N) is 1. The molecular weight excluding hydrogens is 446 g/mol. The van der Waals surface area contributed by atoms with E-state index in [0.29, 0.717) is 17.3 Å². The first kappa shape index (κ1) is 24.6. The molecule has 0 aliphatic carbocycles. The molecule has 1 amide bonds. The number of hydrogen-bond acceptors (Lipinski definition) is 8. The Morgan fingerprint density at radius 3 is 2.57 bits per heavy atom. The van der Waals surface area contributed by atoms with Gasteiger partial charge in [0.25, 0.3) is 0 Å². The molecule has 0 bridgehead atoms. The number of aromatic nitrogens is 3. The van der Waals surface area contributed by atoms with Crippen molar-refractivity contribution in [3.8, 4) is 16.9 Å². The highest BCUT2D eigenvalue weighted by molar-refractivity contribution is 5.93. The van der Waals surface area contributed by atoms with Crippen LogP contribution in [-0.2, 0) is 4.74 Å². The zero-order valence-electron chi connectivity index (χ0n) is 21.1. The molecule has 35 heavy (non-hydrogen) atoms. The van der Waals surface area contributed by atoms with Crippen molar-refractivity contribution in [2.24, 2.45) is 5.73 Å². The van der Waals surface area contributed by atoms with Gasteiger partial charge in [-0.2, -0.15) is 5.10 Å². The number of nitrogens with two attached hydrogens (primary N) is 2. The third-order valence-electron chi connectivity index (χ3n) is 6.50. The van der Waals surface area contributed by atoms with Crippen LogP contribution in [0.2, 0.25) is 0 Å². The van der Waals surface area contributed by atoms with E-state index in [2.05, 4.69) is 33.3 Å². The minimum absolute atomic E-state index is 0.120. The van der Waals surface area contributed by atoms with E-state index in [9.17, 15) is 4.79 Å². The predicted octanol–water partition coefficient (Wildman–Crippen LogP) is 4.04. The Hall–Kier alpha value is -3.53. The number of benzene rings is 1. The molecule has 0 saturated carbocycles. The topological polar surface area (TPSA) is 133 Å². The van der Waals surface area contributed by atoms with Gasteiger partial charge in [0.1, 0.15) is 29.0 Å². The molecule has 3 heterocycles. The molecule has 10 heteroatoms. The molecule has 3 aromatic rings. The second-order valence-electron chi connectivity index (χ2n) is 10.1. The summed E-state index contributed by atoms with van der Waals surface area (Å²) in [5.41, 5.74) is 15.1. The number of rotatable bonds is 5. The Labute approximate surface area is 205 Å². The third-order valence-corrected chi connectivity index (χ3v) is 6.50. The van der Waals surface area contributed by atoms with Crippen molar-refractivity contribution in [1.29, 1.82) is 0 Å². The fourth-order valence-electron chi connectivity index (χ4n) is 4.41. The highest BCUT2D eigenvalue weighted by Crippen LogP contribution is 2.38. The van der Waals surface area contributed by atoms with Crippen LogP contribution in [0, 0.1) is 0 Å². The molecule has 1 aliphatic rings. The first-order chi connectivity index (χ1) is 16.5. The first-order valence-electron chi connectivity index (χ1n) is 11.9. The number of hydrogen-bond donors (Lipinski definition) is 3. The predicted molar refractivity (Wildman–Crippen MR) is 138 cm³/mol. The third kappa shape index (κ3) is 5.12. The van der Waals surface area contributed by atoms with Crippen molar-refractivity contribution >= 4 is 28.9 Å². The Balaban J connectivity index is 1.70. The second kappa shape index (κ2) is 9.26. The summed E-state index contributed by atoms with van der Waals surface area (Å²) in [7, 11) is 1.56. The van der Waals surface area contributed by atoms with Gasteiger partial charge in [-0.1, -0.05) is 13.0 Å². The van der Waals surface area contributed by atoms with Gasteiger partial charge in [-0.3, -0.25) is 5.32 Å². The Morgan fingerprint density at radius 1 is 1.23 bits per heavy atom. The first-order valence-corrected chi connectivity index (χ1v) is 11.9. The molecule has 0 unspecified atom stereocenters. The van der Waals surface area contributed by atoms with E-state index in [0.717, 1.165) is 54.8 Å². The van der Waals surface area contributed by atoms with Crippen LogP contribution in [-0.4, -0.2) is 52.0 Å². The molecule has 0 radical (unpaired) electrons. The minimum atomic E-state index is -0.605. The van der Waals surface area contributed by atoms with Crippen molar-refractivity contribution in [2.75, 3.05) is 36.1 Å². The van der Waals surface area contributed by atoms with Gasteiger partial charge < -0.3 is 25.8 Å². The van der Waals surface area contributed by atoms with Crippen LogP contribution >= 0.6 is 0 Å². The molecular formula is C25H35N7O3. The lowest BCUT2D eigenvalue weighted by molar-refractivity contribution is 0.0635. The minimum Gasteiger partial charge on any atom is -0.495 e. The maximum absolute atomic E-state index is 12.3. The monoisotopic (exact) mass is 481 g/mol. The van der Waals surface area contributed by atoms with E-state index in [1.54, 1.807) is 13.2 Å². The lowest BCUT2D eigenvalue weighted by atomic mass is 9.86. The normalized spacial score (nSPS) is 15.8.